The second-order valence-corrected chi connectivity index (χ2v) is 6.88. The molecule has 0 bridgehead atoms. The van der Waals surface area contributed by atoms with Crippen LogP contribution in [0.15, 0.2) is 24.3 Å². The lowest BCUT2D eigenvalue weighted by Crippen LogP contribution is -2.37. The van der Waals surface area contributed by atoms with Crippen LogP contribution in [0.2, 0.25) is 0 Å². The zero-order valence-electron chi connectivity index (χ0n) is 15.0. The largest absolute Gasteiger partial charge is 0.471 e. The molecule has 4 nitrogen and oxygen atoms in total. The van der Waals surface area contributed by atoms with Gasteiger partial charge < -0.3 is 15.5 Å². The van der Waals surface area contributed by atoms with Crippen LogP contribution in [0.1, 0.15) is 62.2 Å². The third-order valence-corrected chi connectivity index (χ3v) is 4.60. The van der Waals surface area contributed by atoms with Gasteiger partial charge in [0.2, 0.25) is 0 Å². The van der Waals surface area contributed by atoms with E-state index in [4.69, 9.17) is 0 Å². The SMILES string of the molecule is O=C(NCCC(O)c1cccc(C#CC2(O)CCCCCC2)c1)C(F)(F)F. The smallest absolute Gasteiger partial charge is 0.388 e. The number of hydrogen-bond acceptors (Lipinski definition) is 3. The second-order valence-electron chi connectivity index (χ2n) is 6.88. The Morgan fingerprint density at radius 3 is 2.52 bits per heavy atom. The molecular formula is C20H24F3NO3. The van der Waals surface area contributed by atoms with Crippen molar-refractivity contribution in [3.63, 3.8) is 0 Å². The van der Waals surface area contributed by atoms with Crippen molar-refractivity contribution in [2.24, 2.45) is 0 Å². The molecule has 1 amide bonds. The first kappa shape index (κ1) is 21.3. The molecule has 1 aromatic rings. The fourth-order valence-electron chi connectivity index (χ4n) is 3.04. The zero-order valence-corrected chi connectivity index (χ0v) is 15.0. The number of rotatable bonds is 4. The summed E-state index contributed by atoms with van der Waals surface area (Å²) in [7, 11) is 0. The van der Waals surface area contributed by atoms with E-state index in [1.807, 2.05) is 0 Å². The maximum atomic E-state index is 12.1. The van der Waals surface area contributed by atoms with Gasteiger partial charge in [0.15, 0.2) is 0 Å². The van der Waals surface area contributed by atoms with Crippen molar-refractivity contribution in [1.29, 1.82) is 0 Å². The molecule has 0 aliphatic heterocycles. The number of carbonyl (C=O) groups excluding carboxylic acids is 1. The first-order valence-corrected chi connectivity index (χ1v) is 9.08. The summed E-state index contributed by atoms with van der Waals surface area (Å²) in [5.74, 6) is 3.86. The van der Waals surface area contributed by atoms with E-state index in [1.165, 1.54) is 0 Å². The van der Waals surface area contributed by atoms with E-state index in [-0.39, 0.29) is 13.0 Å². The van der Waals surface area contributed by atoms with Gasteiger partial charge in [-0.1, -0.05) is 36.8 Å². The summed E-state index contributed by atoms with van der Waals surface area (Å²) < 4.78 is 36.4. The van der Waals surface area contributed by atoms with Crippen LogP contribution in [-0.4, -0.2) is 34.4 Å². The third-order valence-electron chi connectivity index (χ3n) is 4.60. The van der Waals surface area contributed by atoms with E-state index in [9.17, 15) is 28.2 Å². The summed E-state index contributed by atoms with van der Waals surface area (Å²) in [6.45, 7) is -0.296. The van der Waals surface area contributed by atoms with Crippen LogP contribution in [0.4, 0.5) is 13.2 Å². The van der Waals surface area contributed by atoms with E-state index < -0.39 is 23.8 Å². The average Bonchev–Trinajstić information content (AvgIpc) is 2.84. The molecule has 0 spiro atoms. The Morgan fingerprint density at radius 1 is 1.22 bits per heavy atom. The van der Waals surface area contributed by atoms with Gasteiger partial charge >= 0.3 is 12.1 Å². The van der Waals surface area contributed by atoms with Crippen molar-refractivity contribution < 1.29 is 28.2 Å². The van der Waals surface area contributed by atoms with Crippen LogP contribution < -0.4 is 5.32 Å². The molecule has 7 heteroatoms. The molecule has 1 aliphatic rings. The molecule has 1 unspecified atom stereocenters. The number of aliphatic hydroxyl groups excluding tert-OH is 1. The maximum Gasteiger partial charge on any atom is 0.471 e. The molecule has 0 radical (unpaired) electrons. The minimum absolute atomic E-state index is 0.0529. The van der Waals surface area contributed by atoms with Gasteiger partial charge in [0.05, 0.1) is 6.10 Å². The molecule has 27 heavy (non-hydrogen) atoms. The predicted molar refractivity (Wildman–Crippen MR) is 94.6 cm³/mol. The Morgan fingerprint density at radius 2 is 1.89 bits per heavy atom. The fraction of sp³-hybridized carbons (Fsp3) is 0.550. The number of aliphatic hydroxyl groups is 2. The molecule has 0 saturated heterocycles. The molecule has 0 heterocycles. The average molecular weight is 383 g/mol. The van der Waals surface area contributed by atoms with E-state index in [0.717, 1.165) is 25.7 Å². The van der Waals surface area contributed by atoms with Crippen LogP contribution in [0.25, 0.3) is 0 Å². The topological polar surface area (TPSA) is 69.6 Å². The highest BCUT2D eigenvalue weighted by atomic mass is 19.4. The summed E-state index contributed by atoms with van der Waals surface area (Å²) in [6.07, 6.45) is -0.667. The Labute approximate surface area is 156 Å². The summed E-state index contributed by atoms with van der Waals surface area (Å²) >= 11 is 0. The summed E-state index contributed by atoms with van der Waals surface area (Å²) in [4.78, 5) is 10.8. The number of nitrogens with one attached hydrogen (secondary N) is 1. The Bertz CT molecular complexity index is 698. The molecule has 1 atom stereocenters. The molecule has 1 saturated carbocycles. The van der Waals surface area contributed by atoms with Gasteiger partial charge in [-0.3, -0.25) is 4.79 Å². The molecule has 1 fully saturated rings. The minimum atomic E-state index is -4.93. The highest BCUT2D eigenvalue weighted by Gasteiger charge is 2.38. The van der Waals surface area contributed by atoms with E-state index >= 15 is 0 Å². The Balaban J connectivity index is 1.96. The first-order valence-electron chi connectivity index (χ1n) is 9.08. The Hall–Kier alpha value is -2.04. The van der Waals surface area contributed by atoms with Crippen LogP contribution in [-0.2, 0) is 4.79 Å². The summed E-state index contributed by atoms with van der Waals surface area (Å²) in [6, 6.07) is 6.72. The van der Waals surface area contributed by atoms with Crippen molar-refractivity contribution in [2.45, 2.75) is 62.8 Å². The summed E-state index contributed by atoms with van der Waals surface area (Å²) in [5.41, 5.74) is 0.118. The molecule has 1 aliphatic carbocycles. The zero-order chi connectivity index (χ0) is 19.9. The summed E-state index contributed by atoms with van der Waals surface area (Å²) in [5, 5.41) is 22.4. The minimum Gasteiger partial charge on any atom is -0.388 e. The van der Waals surface area contributed by atoms with Gasteiger partial charge in [0, 0.05) is 12.1 Å². The van der Waals surface area contributed by atoms with Gasteiger partial charge in [0.1, 0.15) is 5.60 Å². The van der Waals surface area contributed by atoms with E-state index in [1.54, 1.807) is 29.6 Å². The van der Waals surface area contributed by atoms with Gasteiger partial charge in [0.25, 0.3) is 0 Å². The van der Waals surface area contributed by atoms with E-state index in [0.29, 0.717) is 24.0 Å². The number of benzene rings is 1. The van der Waals surface area contributed by atoms with Crippen molar-refractivity contribution in [3.8, 4) is 11.8 Å². The Kier molecular flexibility index (Phi) is 7.28. The highest BCUT2D eigenvalue weighted by Crippen LogP contribution is 2.26. The molecule has 2 rings (SSSR count). The van der Waals surface area contributed by atoms with Crippen molar-refractivity contribution >= 4 is 5.91 Å². The normalized spacial score (nSPS) is 18.0. The highest BCUT2D eigenvalue weighted by molar-refractivity contribution is 5.81. The molecule has 148 valence electrons. The van der Waals surface area contributed by atoms with Crippen molar-refractivity contribution in [2.75, 3.05) is 6.54 Å². The second kappa shape index (κ2) is 9.25. The van der Waals surface area contributed by atoms with Crippen molar-refractivity contribution in [3.05, 3.63) is 35.4 Å². The lowest BCUT2D eigenvalue weighted by molar-refractivity contribution is -0.173. The standard InChI is InChI=1S/C20H24F3NO3/c21-20(22,23)18(26)24-13-9-17(25)16-7-5-6-15(14-16)8-12-19(27)10-3-1-2-4-11-19/h5-7,14,17,25,27H,1-4,9-11,13H2,(H,24,26). The predicted octanol–water partition coefficient (Wildman–Crippen LogP) is 3.23. The van der Waals surface area contributed by atoms with Gasteiger partial charge in [-0.25, -0.2) is 0 Å². The number of hydrogen-bond donors (Lipinski definition) is 3. The monoisotopic (exact) mass is 383 g/mol. The first-order chi connectivity index (χ1) is 12.7. The molecule has 0 aromatic heterocycles. The van der Waals surface area contributed by atoms with Crippen molar-refractivity contribution in [1.82, 2.24) is 5.32 Å². The van der Waals surface area contributed by atoms with Gasteiger partial charge in [-0.2, -0.15) is 13.2 Å². The number of alkyl halides is 3. The van der Waals surface area contributed by atoms with Gasteiger partial charge in [-0.15, -0.1) is 0 Å². The quantitative estimate of drug-likeness (QED) is 0.552. The lowest BCUT2D eigenvalue weighted by atomic mass is 9.94. The van der Waals surface area contributed by atoms with Crippen LogP contribution in [0.5, 0.6) is 0 Å². The molecular weight excluding hydrogens is 359 g/mol. The maximum absolute atomic E-state index is 12.1. The van der Waals surface area contributed by atoms with Gasteiger partial charge in [-0.05, 0) is 49.8 Å². The lowest BCUT2D eigenvalue weighted by Gasteiger charge is -2.19. The number of amides is 1. The molecule has 1 aromatic carbocycles. The number of halogens is 3. The van der Waals surface area contributed by atoms with E-state index in [2.05, 4.69) is 11.8 Å². The van der Waals surface area contributed by atoms with Crippen LogP contribution in [0.3, 0.4) is 0 Å². The molecule has 3 N–H and O–H groups in total. The number of carbonyl (C=O) groups is 1. The van der Waals surface area contributed by atoms with Crippen LogP contribution >= 0.6 is 0 Å². The fourth-order valence-corrected chi connectivity index (χ4v) is 3.04. The third kappa shape index (κ3) is 6.89. The van der Waals surface area contributed by atoms with Crippen LogP contribution in [0, 0.1) is 11.8 Å².